The van der Waals surface area contributed by atoms with Crippen molar-refractivity contribution in [1.82, 2.24) is 15.3 Å². The Balaban J connectivity index is 1.95. The SMILES string of the molecule is NC(=O)c1ccc(CNCc2ccncn2)c(F)c1. The summed E-state index contributed by atoms with van der Waals surface area (Å²) in [6, 6.07) is 5.97. The quantitative estimate of drug-likeness (QED) is 0.840. The third kappa shape index (κ3) is 3.56. The largest absolute Gasteiger partial charge is 0.366 e. The molecule has 19 heavy (non-hydrogen) atoms. The average Bonchev–Trinajstić information content (AvgIpc) is 2.41. The van der Waals surface area contributed by atoms with Gasteiger partial charge in [0.1, 0.15) is 12.1 Å². The molecule has 2 aromatic rings. The molecule has 0 spiro atoms. The normalized spacial score (nSPS) is 10.4. The predicted molar refractivity (Wildman–Crippen MR) is 67.5 cm³/mol. The highest BCUT2D eigenvalue weighted by molar-refractivity contribution is 5.92. The molecule has 0 bridgehead atoms. The van der Waals surface area contributed by atoms with Gasteiger partial charge in [-0.05, 0) is 18.2 Å². The summed E-state index contributed by atoms with van der Waals surface area (Å²) in [4.78, 5) is 18.7. The van der Waals surface area contributed by atoms with E-state index in [2.05, 4.69) is 15.3 Å². The fourth-order valence-electron chi connectivity index (χ4n) is 1.59. The molecule has 1 aromatic carbocycles. The first-order chi connectivity index (χ1) is 9.16. The van der Waals surface area contributed by atoms with Crippen LogP contribution in [0.4, 0.5) is 4.39 Å². The summed E-state index contributed by atoms with van der Waals surface area (Å²) in [7, 11) is 0. The number of carbonyl (C=O) groups is 1. The molecule has 6 heteroatoms. The minimum absolute atomic E-state index is 0.164. The van der Waals surface area contributed by atoms with Crippen molar-refractivity contribution in [3.05, 3.63) is 59.4 Å². The Labute approximate surface area is 109 Å². The van der Waals surface area contributed by atoms with Crippen molar-refractivity contribution in [1.29, 1.82) is 0 Å². The number of carbonyl (C=O) groups excluding carboxylic acids is 1. The van der Waals surface area contributed by atoms with Crippen molar-refractivity contribution in [3.8, 4) is 0 Å². The van der Waals surface area contributed by atoms with Crippen molar-refractivity contribution < 1.29 is 9.18 Å². The van der Waals surface area contributed by atoms with Crippen molar-refractivity contribution in [2.24, 2.45) is 5.73 Å². The molecule has 0 atom stereocenters. The molecule has 1 amide bonds. The molecule has 1 aromatic heterocycles. The maximum atomic E-state index is 13.7. The van der Waals surface area contributed by atoms with Crippen LogP contribution in [0.3, 0.4) is 0 Å². The Morgan fingerprint density at radius 1 is 1.32 bits per heavy atom. The van der Waals surface area contributed by atoms with E-state index in [-0.39, 0.29) is 5.56 Å². The van der Waals surface area contributed by atoms with Gasteiger partial charge in [-0.3, -0.25) is 4.79 Å². The van der Waals surface area contributed by atoms with Crippen LogP contribution >= 0.6 is 0 Å². The van der Waals surface area contributed by atoms with E-state index in [0.29, 0.717) is 18.7 Å². The van der Waals surface area contributed by atoms with Gasteiger partial charge >= 0.3 is 0 Å². The van der Waals surface area contributed by atoms with Gasteiger partial charge in [-0.1, -0.05) is 6.07 Å². The van der Waals surface area contributed by atoms with Crippen LogP contribution in [0, 0.1) is 5.82 Å². The van der Waals surface area contributed by atoms with Crippen LogP contribution in [0.1, 0.15) is 21.6 Å². The van der Waals surface area contributed by atoms with E-state index >= 15 is 0 Å². The molecule has 98 valence electrons. The number of hydrogen-bond donors (Lipinski definition) is 2. The van der Waals surface area contributed by atoms with Crippen molar-refractivity contribution in [2.75, 3.05) is 0 Å². The lowest BCUT2D eigenvalue weighted by molar-refractivity contribution is 0.1000. The second-order valence-electron chi connectivity index (χ2n) is 3.97. The lowest BCUT2D eigenvalue weighted by atomic mass is 10.1. The second-order valence-corrected chi connectivity index (χ2v) is 3.97. The molecule has 0 unspecified atom stereocenters. The zero-order valence-electron chi connectivity index (χ0n) is 10.1. The third-order valence-electron chi connectivity index (χ3n) is 2.60. The summed E-state index contributed by atoms with van der Waals surface area (Å²) in [5.74, 6) is -1.09. The first kappa shape index (κ1) is 13.1. The van der Waals surface area contributed by atoms with Gasteiger partial charge < -0.3 is 11.1 Å². The molecule has 0 fully saturated rings. The van der Waals surface area contributed by atoms with Gasteiger partial charge in [0, 0.05) is 30.4 Å². The number of hydrogen-bond acceptors (Lipinski definition) is 4. The van der Waals surface area contributed by atoms with Gasteiger partial charge in [-0.15, -0.1) is 0 Å². The summed E-state index contributed by atoms with van der Waals surface area (Å²) < 4.78 is 13.7. The first-order valence-electron chi connectivity index (χ1n) is 5.70. The molecule has 0 aliphatic carbocycles. The third-order valence-corrected chi connectivity index (χ3v) is 2.60. The van der Waals surface area contributed by atoms with Crippen LogP contribution in [-0.2, 0) is 13.1 Å². The first-order valence-corrected chi connectivity index (χ1v) is 5.70. The van der Waals surface area contributed by atoms with Crippen LogP contribution < -0.4 is 11.1 Å². The van der Waals surface area contributed by atoms with Crippen LogP contribution in [0.25, 0.3) is 0 Å². The number of benzene rings is 1. The van der Waals surface area contributed by atoms with E-state index < -0.39 is 11.7 Å². The summed E-state index contributed by atoms with van der Waals surface area (Å²) in [5, 5.41) is 3.06. The Morgan fingerprint density at radius 3 is 2.79 bits per heavy atom. The Bertz CT molecular complexity index is 574. The molecular weight excluding hydrogens is 247 g/mol. The number of primary amides is 1. The number of nitrogens with two attached hydrogens (primary N) is 1. The van der Waals surface area contributed by atoms with Crippen molar-refractivity contribution in [2.45, 2.75) is 13.1 Å². The molecular formula is C13H13FN4O. The maximum absolute atomic E-state index is 13.7. The van der Waals surface area contributed by atoms with Crippen molar-refractivity contribution in [3.63, 3.8) is 0 Å². The molecule has 3 N–H and O–H groups in total. The zero-order valence-corrected chi connectivity index (χ0v) is 10.1. The van der Waals surface area contributed by atoms with Crippen LogP contribution in [0.2, 0.25) is 0 Å². The number of rotatable bonds is 5. The van der Waals surface area contributed by atoms with Crippen LogP contribution in [0.5, 0.6) is 0 Å². The molecule has 2 rings (SSSR count). The van der Waals surface area contributed by atoms with E-state index in [1.54, 1.807) is 18.3 Å². The summed E-state index contributed by atoms with van der Waals surface area (Å²) in [5.41, 5.74) is 6.53. The number of nitrogens with one attached hydrogen (secondary N) is 1. The lowest BCUT2D eigenvalue weighted by Gasteiger charge is -2.06. The van der Waals surface area contributed by atoms with E-state index in [9.17, 15) is 9.18 Å². The molecule has 1 heterocycles. The smallest absolute Gasteiger partial charge is 0.248 e. The Hall–Kier alpha value is -2.34. The van der Waals surface area contributed by atoms with Gasteiger partial charge in [-0.2, -0.15) is 0 Å². The molecule has 0 radical (unpaired) electrons. The van der Waals surface area contributed by atoms with Crippen LogP contribution in [0.15, 0.2) is 36.8 Å². The summed E-state index contributed by atoms with van der Waals surface area (Å²) >= 11 is 0. The minimum Gasteiger partial charge on any atom is -0.366 e. The average molecular weight is 260 g/mol. The minimum atomic E-state index is -0.639. The number of aromatic nitrogens is 2. The lowest BCUT2D eigenvalue weighted by Crippen LogP contribution is -2.16. The number of nitrogens with zero attached hydrogens (tertiary/aromatic N) is 2. The highest BCUT2D eigenvalue weighted by atomic mass is 19.1. The van der Waals surface area contributed by atoms with Gasteiger partial charge in [0.25, 0.3) is 0 Å². The standard InChI is InChI=1S/C13H13FN4O/c14-12-5-9(13(15)19)1-2-10(12)6-17-7-11-3-4-16-8-18-11/h1-5,8,17H,6-7H2,(H2,15,19). The maximum Gasteiger partial charge on any atom is 0.248 e. The highest BCUT2D eigenvalue weighted by Crippen LogP contribution is 2.10. The van der Waals surface area contributed by atoms with Crippen LogP contribution in [-0.4, -0.2) is 15.9 Å². The fourth-order valence-corrected chi connectivity index (χ4v) is 1.59. The molecule has 0 saturated carbocycles. The van der Waals surface area contributed by atoms with Gasteiger partial charge in [0.05, 0.1) is 5.69 Å². The van der Waals surface area contributed by atoms with Gasteiger partial charge in [-0.25, -0.2) is 14.4 Å². The number of amides is 1. The molecule has 0 saturated heterocycles. The molecule has 5 nitrogen and oxygen atoms in total. The van der Waals surface area contributed by atoms with Crippen molar-refractivity contribution >= 4 is 5.91 Å². The zero-order chi connectivity index (χ0) is 13.7. The second kappa shape index (κ2) is 6.01. The van der Waals surface area contributed by atoms with E-state index in [4.69, 9.17) is 5.73 Å². The van der Waals surface area contributed by atoms with Gasteiger partial charge in [0.15, 0.2) is 0 Å². The van der Waals surface area contributed by atoms with E-state index in [0.717, 1.165) is 11.8 Å². The molecule has 0 aliphatic heterocycles. The summed E-state index contributed by atoms with van der Waals surface area (Å²) in [6.07, 6.45) is 3.10. The summed E-state index contributed by atoms with van der Waals surface area (Å²) in [6.45, 7) is 0.856. The topological polar surface area (TPSA) is 80.9 Å². The van der Waals surface area contributed by atoms with E-state index in [1.165, 1.54) is 12.4 Å². The highest BCUT2D eigenvalue weighted by Gasteiger charge is 2.06. The monoisotopic (exact) mass is 260 g/mol. The molecule has 0 aliphatic rings. The van der Waals surface area contributed by atoms with Gasteiger partial charge in [0.2, 0.25) is 5.91 Å². The Morgan fingerprint density at radius 2 is 2.16 bits per heavy atom. The number of halogens is 1. The Kier molecular flexibility index (Phi) is 4.15. The predicted octanol–water partition coefficient (Wildman–Crippen LogP) is 1.00. The fraction of sp³-hybridized carbons (Fsp3) is 0.154. The van der Waals surface area contributed by atoms with E-state index in [1.807, 2.05) is 0 Å².